The molecule has 2 unspecified atom stereocenters. The minimum absolute atomic E-state index is 0.149. The summed E-state index contributed by atoms with van der Waals surface area (Å²) in [7, 11) is -1.46. The van der Waals surface area contributed by atoms with E-state index in [1.807, 2.05) is 13.0 Å². The van der Waals surface area contributed by atoms with E-state index in [9.17, 15) is 12.8 Å². The molecule has 1 aromatic carbocycles. The first-order valence-electron chi connectivity index (χ1n) is 10.1. The van der Waals surface area contributed by atoms with Crippen LogP contribution in [0.4, 0.5) is 4.39 Å². The van der Waals surface area contributed by atoms with Crippen molar-refractivity contribution in [2.75, 3.05) is 39.5 Å². The third-order valence-corrected chi connectivity index (χ3v) is 6.75. The Morgan fingerprint density at radius 2 is 2.10 bits per heavy atom. The molecule has 0 aromatic heterocycles. The normalized spacial score (nSPS) is 21.8. The Labute approximate surface area is 172 Å². The van der Waals surface area contributed by atoms with E-state index >= 15 is 0 Å². The predicted molar refractivity (Wildman–Crippen MR) is 112 cm³/mol. The maximum Gasteiger partial charge on any atom is 0.211 e. The van der Waals surface area contributed by atoms with Gasteiger partial charge >= 0.3 is 0 Å². The third-order valence-electron chi connectivity index (χ3n) is 5.48. The molecule has 1 aliphatic heterocycles. The molecule has 162 valence electrons. The fourth-order valence-corrected chi connectivity index (χ4v) is 4.30. The number of ether oxygens (including phenoxy) is 1. The molecular weight excluding hydrogens is 395 g/mol. The fourth-order valence-electron chi connectivity index (χ4n) is 3.38. The van der Waals surface area contributed by atoms with Crippen LogP contribution < -0.4 is 15.4 Å². The highest BCUT2D eigenvalue weighted by Gasteiger charge is 2.28. The molecule has 0 spiro atoms. The van der Waals surface area contributed by atoms with Crippen molar-refractivity contribution < 1.29 is 17.5 Å². The topological polar surface area (TPSA) is 83.0 Å². The van der Waals surface area contributed by atoms with Crippen molar-refractivity contribution in [3.8, 4) is 5.75 Å². The maximum absolute atomic E-state index is 14.3. The molecule has 3 rings (SSSR count). The molecule has 1 saturated carbocycles. The highest BCUT2D eigenvalue weighted by molar-refractivity contribution is 7.88. The SMILES string of the molecule is CN=C(NCC1CCN(S(C)(=O)=O)C1)NC(C)c1ccc(OCC2CC2)c(F)c1. The first-order chi connectivity index (χ1) is 13.8. The number of hydrogen-bond donors (Lipinski definition) is 2. The smallest absolute Gasteiger partial charge is 0.211 e. The number of sulfonamides is 1. The highest BCUT2D eigenvalue weighted by Crippen LogP contribution is 2.30. The first kappa shape index (κ1) is 21.8. The van der Waals surface area contributed by atoms with Gasteiger partial charge in [0.25, 0.3) is 0 Å². The van der Waals surface area contributed by atoms with E-state index < -0.39 is 10.0 Å². The Balaban J connectivity index is 1.49. The van der Waals surface area contributed by atoms with Gasteiger partial charge in [-0.15, -0.1) is 0 Å². The Morgan fingerprint density at radius 3 is 2.69 bits per heavy atom. The molecule has 2 N–H and O–H groups in total. The van der Waals surface area contributed by atoms with Gasteiger partial charge in [-0.2, -0.15) is 0 Å². The van der Waals surface area contributed by atoms with Crippen LogP contribution in [0.2, 0.25) is 0 Å². The molecule has 1 aliphatic carbocycles. The molecule has 0 bridgehead atoms. The lowest BCUT2D eigenvalue weighted by Crippen LogP contribution is -2.41. The summed E-state index contributed by atoms with van der Waals surface area (Å²) in [5, 5.41) is 6.50. The van der Waals surface area contributed by atoms with E-state index in [0.29, 0.717) is 43.9 Å². The number of hydrogen-bond acceptors (Lipinski definition) is 4. The van der Waals surface area contributed by atoms with Crippen LogP contribution in [0.15, 0.2) is 23.2 Å². The average molecular weight is 427 g/mol. The Kier molecular flexibility index (Phi) is 7.00. The lowest BCUT2D eigenvalue weighted by Gasteiger charge is -2.20. The second-order valence-electron chi connectivity index (χ2n) is 8.04. The Bertz CT molecular complexity index is 842. The van der Waals surface area contributed by atoms with Gasteiger partial charge in [0, 0.05) is 26.7 Å². The van der Waals surface area contributed by atoms with Crippen LogP contribution in [0.25, 0.3) is 0 Å². The zero-order chi connectivity index (χ0) is 21.0. The van der Waals surface area contributed by atoms with E-state index in [-0.39, 0.29) is 17.8 Å². The number of nitrogens with one attached hydrogen (secondary N) is 2. The van der Waals surface area contributed by atoms with Crippen molar-refractivity contribution in [2.24, 2.45) is 16.8 Å². The number of aliphatic imine (C=N–C) groups is 1. The fraction of sp³-hybridized carbons (Fsp3) is 0.650. The number of nitrogens with zero attached hydrogens (tertiary/aromatic N) is 2. The zero-order valence-corrected chi connectivity index (χ0v) is 18.1. The van der Waals surface area contributed by atoms with Gasteiger partial charge < -0.3 is 15.4 Å². The van der Waals surface area contributed by atoms with Crippen LogP contribution >= 0.6 is 0 Å². The van der Waals surface area contributed by atoms with Gasteiger partial charge in [-0.3, -0.25) is 4.99 Å². The largest absolute Gasteiger partial charge is 0.490 e. The van der Waals surface area contributed by atoms with E-state index in [2.05, 4.69) is 15.6 Å². The quantitative estimate of drug-likeness (QED) is 0.492. The van der Waals surface area contributed by atoms with E-state index in [1.165, 1.54) is 29.5 Å². The Hall–Kier alpha value is -1.87. The van der Waals surface area contributed by atoms with E-state index in [4.69, 9.17) is 4.74 Å². The van der Waals surface area contributed by atoms with Crippen molar-refractivity contribution in [1.29, 1.82) is 0 Å². The molecule has 1 heterocycles. The zero-order valence-electron chi connectivity index (χ0n) is 17.3. The van der Waals surface area contributed by atoms with Crippen molar-refractivity contribution in [3.63, 3.8) is 0 Å². The number of guanidine groups is 1. The molecule has 29 heavy (non-hydrogen) atoms. The minimum atomic E-state index is -3.13. The lowest BCUT2D eigenvalue weighted by atomic mass is 10.1. The standard InChI is InChI=1S/C20H31FN4O3S/c1-14(17-6-7-19(18(21)10-17)28-13-15-4-5-15)24-20(22-2)23-11-16-8-9-25(12-16)29(3,26)27/h6-7,10,14-16H,4-5,8-9,11-13H2,1-3H3,(H2,22,23,24). The van der Waals surface area contributed by atoms with Gasteiger partial charge in [-0.1, -0.05) is 6.07 Å². The molecule has 1 saturated heterocycles. The summed E-state index contributed by atoms with van der Waals surface area (Å²) in [5.74, 6) is 1.36. The summed E-state index contributed by atoms with van der Waals surface area (Å²) < 4.78 is 44.7. The molecule has 1 aromatic rings. The monoisotopic (exact) mass is 426 g/mol. The average Bonchev–Trinajstić information content (AvgIpc) is 3.37. The Morgan fingerprint density at radius 1 is 1.34 bits per heavy atom. The van der Waals surface area contributed by atoms with Crippen molar-refractivity contribution >= 4 is 16.0 Å². The number of rotatable bonds is 8. The van der Waals surface area contributed by atoms with Crippen LogP contribution in [0.1, 0.15) is 37.8 Å². The summed E-state index contributed by atoms with van der Waals surface area (Å²) >= 11 is 0. The summed E-state index contributed by atoms with van der Waals surface area (Å²) in [5.41, 5.74) is 0.799. The summed E-state index contributed by atoms with van der Waals surface area (Å²) in [6.07, 6.45) is 4.40. The molecule has 2 fully saturated rings. The number of halogens is 1. The van der Waals surface area contributed by atoms with Gasteiger partial charge in [0.2, 0.25) is 10.0 Å². The molecule has 7 nitrogen and oxygen atoms in total. The van der Waals surface area contributed by atoms with Crippen LogP contribution in [0.3, 0.4) is 0 Å². The molecule has 2 aliphatic rings. The molecule has 9 heteroatoms. The van der Waals surface area contributed by atoms with Crippen LogP contribution in [0, 0.1) is 17.7 Å². The molecular formula is C20H31FN4O3S. The van der Waals surface area contributed by atoms with Crippen molar-refractivity contribution in [2.45, 2.75) is 32.2 Å². The summed E-state index contributed by atoms with van der Waals surface area (Å²) in [6, 6.07) is 4.88. The predicted octanol–water partition coefficient (Wildman–Crippen LogP) is 2.12. The minimum Gasteiger partial charge on any atom is -0.490 e. The summed E-state index contributed by atoms with van der Waals surface area (Å²) in [6.45, 7) is 4.22. The van der Waals surface area contributed by atoms with Crippen LogP contribution in [-0.2, 0) is 10.0 Å². The summed E-state index contributed by atoms with van der Waals surface area (Å²) in [4.78, 5) is 4.22. The second-order valence-corrected chi connectivity index (χ2v) is 10.0. The van der Waals surface area contributed by atoms with Gasteiger partial charge in [-0.05, 0) is 55.7 Å². The lowest BCUT2D eigenvalue weighted by molar-refractivity contribution is 0.285. The highest BCUT2D eigenvalue weighted by atomic mass is 32.2. The molecule has 0 amide bonds. The van der Waals surface area contributed by atoms with E-state index in [0.717, 1.165) is 12.0 Å². The molecule has 2 atom stereocenters. The van der Waals surface area contributed by atoms with Gasteiger partial charge in [-0.25, -0.2) is 17.1 Å². The second kappa shape index (κ2) is 9.30. The third kappa shape index (κ3) is 6.30. The van der Waals surface area contributed by atoms with Gasteiger partial charge in [0.1, 0.15) is 0 Å². The first-order valence-corrected chi connectivity index (χ1v) is 12.0. The van der Waals surface area contributed by atoms with E-state index in [1.54, 1.807) is 13.1 Å². The molecule has 0 radical (unpaired) electrons. The van der Waals surface area contributed by atoms with Gasteiger partial charge in [0.05, 0.1) is 18.9 Å². The van der Waals surface area contributed by atoms with Crippen molar-refractivity contribution in [3.05, 3.63) is 29.6 Å². The number of benzene rings is 1. The van der Waals surface area contributed by atoms with Crippen molar-refractivity contribution in [1.82, 2.24) is 14.9 Å². The van der Waals surface area contributed by atoms with Crippen LogP contribution in [0.5, 0.6) is 5.75 Å². The van der Waals surface area contributed by atoms with Crippen LogP contribution in [-0.4, -0.2) is 58.2 Å². The van der Waals surface area contributed by atoms with Gasteiger partial charge in [0.15, 0.2) is 17.5 Å². The maximum atomic E-state index is 14.3.